The maximum absolute atomic E-state index is 13.6. The molecule has 2 aromatic carbocycles. The summed E-state index contributed by atoms with van der Waals surface area (Å²) in [6.07, 6.45) is 3.91. The highest BCUT2D eigenvalue weighted by molar-refractivity contribution is 6.30. The van der Waals surface area contributed by atoms with E-state index in [1.165, 1.54) is 0 Å². The summed E-state index contributed by atoms with van der Waals surface area (Å²) in [5.74, 6) is 1.52. The Kier molecular flexibility index (Phi) is 6.45. The lowest BCUT2D eigenvalue weighted by Gasteiger charge is -2.43. The van der Waals surface area contributed by atoms with Crippen molar-refractivity contribution in [1.82, 2.24) is 15.0 Å². The summed E-state index contributed by atoms with van der Waals surface area (Å²) >= 11 is 6.01. The molecule has 0 bridgehead atoms. The van der Waals surface area contributed by atoms with Gasteiger partial charge < -0.3 is 9.47 Å². The standard InChI is InChI=1S/C32H32ClN3O4/c1-31(2)13-23(37)29-26(15-31)40-27-16-32(3,4)14-24(38)30(27)28(29)22-7-5-6-8-25(22)39-18-20-17-36(35-34-20)21-11-9-19(33)10-12-21/h5-12,17,28H,13-16,18H2,1-4H3. The number of ketones is 2. The van der Waals surface area contributed by atoms with Gasteiger partial charge in [-0.25, -0.2) is 4.68 Å². The molecule has 1 aromatic heterocycles. The number of ether oxygens (including phenoxy) is 2. The molecule has 0 N–H and O–H groups in total. The number of halogens is 1. The minimum Gasteiger partial charge on any atom is -0.487 e. The normalized spacial score (nSPS) is 20.2. The molecule has 0 saturated carbocycles. The SMILES string of the molecule is CC1(C)CC(=O)C2=C(C1)OC1=C(C(=O)CC(C)(C)C1)C2c1ccccc1OCc1cn(-c2ccc(Cl)cc2)nn1. The lowest BCUT2D eigenvalue weighted by Crippen LogP contribution is -2.37. The van der Waals surface area contributed by atoms with Crippen LogP contribution in [0.4, 0.5) is 0 Å². The Hall–Kier alpha value is -3.71. The molecule has 1 aliphatic heterocycles. The van der Waals surface area contributed by atoms with Crippen LogP contribution in [0.3, 0.4) is 0 Å². The summed E-state index contributed by atoms with van der Waals surface area (Å²) in [5, 5.41) is 9.13. The van der Waals surface area contributed by atoms with Crippen LogP contribution >= 0.6 is 11.6 Å². The van der Waals surface area contributed by atoms with Gasteiger partial charge in [0.1, 0.15) is 29.6 Å². The second-order valence-corrected chi connectivity index (χ2v) is 13.0. The van der Waals surface area contributed by atoms with Crippen molar-refractivity contribution in [2.45, 2.75) is 65.9 Å². The number of carbonyl (C=O) groups excluding carboxylic acids is 2. The first-order chi connectivity index (χ1) is 19.0. The van der Waals surface area contributed by atoms with Gasteiger partial charge in [-0.3, -0.25) is 9.59 Å². The molecule has 0 amide bonds. The van der Waals surface area contributed by atoms with Gasteiger partial charge in [0.15, 0.2) is 11.6 Å². The molecule has 6 rings (SSSR count). The minimum atomic E-state index is -0.521. The smallest absolute Gasteiger partial charge is 0.163 e. The van der Waals surface area contributed by atoms with E-state index >= 15 is 0 Å². The van der Waals surface area contributed by atoms with Crippen molar-refractivity contribution in [3.05, 3.63) is 93.7 Å². The van der Waals surface area contributed by atoms with Crippen LogP contribution in [0, 0.1) is 10.8 Å². The summed E-state index contributed by atoms with van der Waals surface area (Å²) in [6, 6.07) is 15.0. The number of nitrogens with zero attached hydrogens (tertiary/aromatic N) is 3. The van der Waals surface area contributed by atoms with Crippen molar-refractivity contribution >= 4 is 23.2 Å². The number of hydrogen-bond donors (Lipinski definition) is 0. The van der Waals surface area contributed by atoms with Crippen LogP contribution in [0.5, 0.6) is 5.75 Å². The molecule has 3 aromatic rings. The number of aromatic nitrogens is 3. The number of carbonyl (C=O) groups is 2. The summed E-state index contributed by atoms with van der Waals surface area (Å²) in [7, 11) is 0. The van der Waals surface area contributed by atoms with Crippen molar-refractivity contribution in [2.75, 3.05) is 0 Å². The lowest BCUT2D eigenvalue weighted by molar-refractivity contribution is -0.120. The topological polar surface area (TPSA) is 83.3 Å². The number of rotatable bonds is 5. The largest absolute Gasteiger partial charge is 0.487 e. The van der Waals surface area contributed by atoms with Crippen LogP contribution < -0.4 is 4.74 Å². The predicted molar refractivity (Wildman–Crippen MR) is 151 cm³/mol. The van der Waals surface area contributed by atoms with E-state index in [0.717, 1.165) is 11.3 Å². The van der Waals surface area contributed by atoms with Crippen LogP contribution in [-0.4, -0.2) is 26.6 Å². The third-order valence-electron chi connectivity index (χ3n) is 7.82. The first-order valence-electron chi connectivity index (χ1n) is 13.6. The molecule has 2 aliphatic carbocycles. The lowest BCUT2D eigenvalue weighted by atomic mass is 9.65. The zero-order valence-corrected chi connectivity index (χ0v) is 23.9. The van der Waals surface area contributed by atoms with Gasteiger partial charge in [0.2, 0.25) is 0 Å². The van der Waals surface area contributed by atoms with E-state index in [1.807, 2.05) is 36.4 Å². The molecular weight excluding hydrogens is 526 g/mol. The fraction of sp³-hybridized carbons (Fsp3) is 0.375. The van der Waals surface area contributed by atoms with Crippen molar-refractivity contribution in [1.29, 1.82) is 0 Å². The number of benzene rings is 2. The highest BCUT2D eigenvalue weighted by Gasteiger charge is 2.48. The molecule has 0 unspecified atom stereocenters. The molecule has 7 nitrogen and oxygen atoms in total. The molecule has 3 aliphatic rings. The fourth-order valence-electron chi connectivity index (χ4n) is 6.07. The van der Waals surface area contributed by atoms with Gasteiger partial charge in [-0.1, -0.05) is 62.7 Å². The van der Waals surface area contributed by atoms with Gasteiger partial charge in [-0.15, -0.1) is 5.10 Å². The van der Waals surface area contributed by atoms with Crippen LogP contribution in [0.25, 0.3) is 5.69 Å². The minimum absolute atomic E-state index is 0.0288. The van der Waals surface area contributed by atoms with E-state index < -0.39 is 5.92 Å². The first kappa shape index (κ1) is 26.5. The number of allylic oxidation sites excluding steroid dienone is 4. The highest BCUT2D eigenvalue weighted by Crippen LogP contribution is 2.54. The Morgan fingerprint density at radius 3 is 2.12 bits per heavy atom. The Bertz CT molecular complexity index is 1530. The quantitative estimate of drug-likeness (QED) is 0.339. The fourth-order valence-corrected chi connectivity index (χ4v) is 6.20. The van der Waals surface area contributed by atoms with Crippen LogP contribution in [0.2, 0.25) is 5.02 Å². The van der Waals surface area contributed by atoms with Crippen molar-refractivity contribution < 1.29 is 19.1 Å². The Balaban J connectivity index is 1.36. The van der Waals surface area contributed by atoms with Gasteiger partial charge in [0.05, 0.1) is 17.8 Å². The molecule has 206 valence electrons. The van der Waals surface area contributed by atoms with E-state index in [9.17, 15) is 9.59 Å². The number of para-hydroxylation sites is 1. The van der Waals surface area contributed by atoms with Crippen molar-refractivity contribution in [2.24, 2.45) is 10.8 Å². The van der Waals surface area contributed by atoms with E-state index in [1.54, 1.807) is 23.0 Å². The average Bonchev–Trinajstić information content (AvgIpc) is 3.34. The van der Waals surface area contributed by atoms with E-state index in [4.69, 9.17) is 21.1 Å². The molecule has 40 heavy (non-hydrogen) atoms. The Morgan fingerprint density at radius 1 is 0.900 bits per heavy atom. The Labute approximate surface area is 238 Å². The van der Waals surface area contributed by atoms with Gasteiger partial charge in [0.25, 0.3) is 0 Å². The van der Waals surface area contributed by atoms with Crippen LogP contribution in [0.1, 0.15) is 70.6 Å². The molecule has 0 spiro atoms. The first-order valence-corrected chi connectivity index (χ1v) is 14.0. The van der Waals surface area contributed by atoms with Crippen LogP contribution in [0.15, 0.2) is 77.4 Å². The molecule has 0 atom stereocenters. The molecular formula is C32H32ClN3O4. The zero-order valence-electron chi connectivity index (χ0n) is 23.2. The molecule has 2 heterocycles. The zero-order chi connectivity index (χ0) is 28.2. The Morgan fingerprint density at radius 2 is 1.50 bits per heavy atom. The maximum atomic E-state index is 13.6. The van der Waals surface area contributed by atoms with Gasteiger partial charge in [-0.05, 0) is 41.2 Å². The van der Waals surface area contributed by atoms with Crippen molar-refractivity contribution in [3.63, 3.8) is 0 Å². The number of hydrogen-bond acceptors (Lipinski definition) is 6. The van der Waals surface area contributed by atoms with Crippen LogP contribution in [-0.2, 0) is 20.9 Å². The van der Waals surface area contributed by atoms with E-state index in [-0.39, 0.29) is 29.0 Å². The summed E-state index contributed by atoms with van der Waals surface area (Å²) in [6.45, 7) is 8.51. The summed E-state index contributed by atoms with van der Waals surface area (Å²) < 4.78 is 14.4. The summed E-state index contributed by atoms with van der Waals surface area (Å²) in [4.78, 5) is 27.3. The van der Waals surface area contributed by atoms with Gasteiger partial charge in [-0.2, -0.15) is 0 Å². The summed E-state index contributed by atoms with van der Waals surface area (Å²) in [5.41, 5.74) is 3.03. The maximum Gasteiger partial charge on any atom is 0.163 e. The van der Waals surface area contributed by atoms with E-state index in [2.05, 4.69) is 38.0 Å². The van der Waals surface area contributed by atoms with Gasteiger partial charge >= 0.3 is 0 Å². The molecule has 0 radical (unpaired) electrons. The molecule has 8 heteroatoms. The monoisotopic (exact) mass is 557 g/mol. The molecule has 0 saturated heterocycles. The van der Waals surface area contributed by atoms with Crippen molar-refractivity contribution in [3.8, 4) is 11.4 Å². The average molecular weight is 558 g/mol. The second-order valence-electron chi connectivity index (χ2n) is 12.5. The van der Waals surface area contributed by atoms with Gasteiger partial charge in [0, 0.05) is 47.4 Å². The van der Waals surface area contributed by atoms with E-state index in [0.29, 0.717) is 64.8 Å². The molecule has 0 fully saturated rings. The second kappa shape index (κ2) is 9.73. The highest BCUT2D eigenvalue weighted by atomic mass is 35.5. The third-order valence-corrected chi connectivity index (χ3v) is 8.07. The predicted octanol–water partition coefficient (Wildman–Crippen LogP) is 6.90. The number of Topliss-reactive ketones (excluding diaryl/α,β-unsaturated/α-hetero) is 2. The third kappa shape index (κ3) is 4.99.